The highest BCUT2D eigenvalue weighted by atomic mass is 79.9. The molecule has 1 rings (SSSR count). The molecule has 0 aliphatic heterocycles. The summed E-state index contributed by atoms with van der Waals surface area (Å²) < 4.78 is 1.67. The van der Waals surface area contributed by atoms with Crippen molar-refractivity contribution in [2.24, 2.45) is 5.92 Å². The Morgan fingerprint density at radius 3 is 3.00 bits per heavy atom. The Kier molecular flexibility index (Phi) is 4.87. The van der Waals surface area contributed by atoms with Gasteiger partial charge in [-0.3, -0.25) is 4.57 Å². The summed E-state index contributed by atoms with van der Waals surface area (Å²) in [6.07, 6.45) is 5.60. The largest absolute Gasteiger partial charge is 0.347 e. The first kappa shape index (κ1) is 11.4. The average molecular weight is 259 g/mol. The Morgan fingerprint density at radius 2 is 2.43 bits per heavy atom. The van der Waals surface area contributed by atoms with Gasteiger partial charge in [-0.25, -0.2) is 9.78 Å². The first-order chi connectivity index (χ1) is 6.77. The summed E-state index contributed by atoms with van der Waals surface area (Å²) in [5, 5.41) is 0.933. The van der Waals surface area contributed by atoms with E-state index in [1.807, 2.05) is 0 Å². The summed E-state index contributed by atoms with van der Waals surface area (Å²) in [6, 6.07) is 1.79. The number of rotatable bonds is 5. The van der Waals surface area contributed by atoms with Crippen molar-refractivity contribution in [1.82, 2.24) is 9.55 Å². The first-order valence-electron chi connectivity index (χ1n) is 4.85. The van der Waals surface area contributed by atoms with Crippen molar-refractivity contribution in [3.8, 4) is 0 Å². The van der Waals surface area contributed by atoms with Crippen molar-refractivity contribution < 1.29 is 0 Å². The highest BCUT2D eigenvalue weighted by Crippen LogP contribution is 2.11. The van der Waals surface area contributed by atoms with E-state index in [1.54, 1.807) is 16.8 Å². The van der Waals surface area contributed by atoms with Gasteiger partial charge in [0.05, 0.1) is 0 Å². The minimum absolute atomic E-state index is 0.158. The molecule has 0 aromatic carbocycles. The van der Waals surface area contributed by atoms with E-state index >= 15 is 0 Å². The minimum Gasteiger partial charge on any atom is -0.299 e. The molecule has 1 aromatic rings. The molecule has 78 valence electrons. The molecule has 14 heavy (non-hydrogen) atoms. The second kappa shape index (κ2) is 5.96. The molecule has 0 radical (unpaired) electrons. The van der Waals surface area contributed by atoms with Crippen LogP contribution in [0.4, 0.5) is 0 Å². The van der Waals surface area contributed by atoms with E-state index in [0.717, 1.165) is 24.7 Å². The number of hydrogen-bond acceptors (Lipinski definition) is 2. The van der Waals surface area contributed by atoms with Crippen molar-refractivity contribution in [2.75, 3.05) is 5.33 Å². The van der Waals surface area contributed by atoms with Gasteiger partial charge in [0.2, 0.25) is 0 Å². The molecular weight excluding hydrogens is 244 g/mol. The van der Waals surface area contributed by atoms with Crippen molar-refractivity contribution in [3.63, 3.8) is 0 Å². The zero-order valence-electron chi connectivity index (χ0n) is 8.32. The molecule has 0 spiro atoms. The van der Waals surface area contributed by atoms with Crippen LogP contribution in [0.3, 0.4) is 0 Å². The lowest BCUT2D eigenvalue weighted by Gasteiger charge is -2.13. The fourth-order valence-corrected chi connectivity index (χ4v) is 1.96. The molecule has 0 aliphatic carbocycles. The van der Waals surface area contributed by atoms with E-state index < -0.39 is 0 Å². The van der Waals surface area contributed by atoms with Gasteiger partial charge in [-0.15, -0.1) is 0 Å². The number of nitrogens with zero attached hydrogens (tertiary/aromatic N) is 2. The van der Waals surface area contributed by atoms with Crippen LogP contribution in [-0.2, 0) is 6.54 Å². The molecule has 1 unspecified atom stereocenters. The van der Waals surface area contributed by atoms with Crippen LogP contribution in [0.25, 0.3) is 0 Å². The highest BCUT2D eigenvalue weighted by Gasteiger charge is 2.07. The quantitative estimate of drug-likeness (QED) is 0.758. The zero-order chi connectivity index (χ0) is 10.4. The second-order valence-electron chi connectivity index (χ2n) is 3.36. The van der Waals surface area contributed by atoms with Crippen LogP contribution in [0.1, 0.15) is 19.8 Å². The number of aromatic nitrogens is 2. The fourth-order valence-electron chi connectivity index (χ4n) is 1.43. The predicted molar refractivity (Wildman–Crippen MR) is 60.7 cm³/mol. The Bertz CT molecular complexity index is 324. The summed E-state index contributed by atoms with van der Waals surface area (Å²) in [6.45, 7) is 2.91. The van der Waals surface area contributed by atoms with Crippen molar-refractivity contribution in [3.05, 3.63) is 28.9 Å². The lowest BCUT2D eigenvalue weighted by atomic mass is 10.1. The predicted octanol–water partition coefficient (Wildman–Crippen LogP) is 2.05. The molecule has 0 aliphatic rings. The van der Waals surface area contributed by atoms with Gasteiger partial charge in [0.25, 0.3) is 0 Å². The van der Waals surface area contributed by atoms with Crippen LogP contribution in [0.5, 0.6) is 0 Å². The average Bonchev–Trinajstić information content (AvgIpc) is 2.20. The standard InChI is InChI=1S/C10H15BrN2O/c1-2-4-9(7-11)8-13-6-3-5-12-10(13)14/h3,5-6,9H,2,4,7-8H2,1H3. The molecule has 4 heteroatoms. The Morgan fingerprint density at radius 1 is 1.64 bits per heavy atom. The lowest BCUT2D eigenvalue weighted by Crippen LogP contribution is -2.25. The van der Waals surface area contributed by atoms with Gasteiger partial charge in [0.15, 0.2) is 0 Å². The van der Waals surface area contributed by atoms with Gasteiger partial charge in [-0.2, -0.15) is 0 Å². The number of alkyl halides is 1. The zero-order valence-corrected chi connectivity index (χ0v) is 9.90. The van der Waals surface area contributed by atoms with Crippen LogP contribution in [-0.4, -0.2) is 14.9 Å². The minimum atomic E-state index is -0.158. The van der Waals surface area contributed by atoms with Gasteiger partial charge >= 0.3 is 5.69 Å². The van der Waals surface area contributed by atoms with Crippen molar-refractivity contribution in [2.45, 2.75) is 26.3 Å². The van der Waals surface area contributed by atoms with E-state index in [-0.39, 0.29) is 5.69 Å². The maximum absolute atomic E-state index is 11.3. The molecule has 0 amide bonds. The van der Waals surface area contributed by atoms with E-state index in [2.05, 4.69) is 27.8 Å². The Hall–Kier alpha value is -0.640. The molecular formula is C10H15BrN2O. The summed E-state index contributed by atoms with van der Waals surface area (Å²) in [5.74, 6) is 0.516. The summed E-state index contributed by atoms with van der Waals surface area (Å²) in [7, 11) is 0. The summed E-state index contributed by atoms with van der Waals surface area (Å²) in [5.41, 5.74) is -0.158. The molecule has 1 atom stereocenters. The monoisotopic (exact) mass is 258 g/mol. The topological polar surface area (TPSA) is 34.9 Å². The fraction of sp³-hybridized carbons (Fsp3) is 0.600. The maximum atomic E-state index is 11.3. The Balaban J connectivity index is 2.67. The van der Waals surface area contributed by atoms with Crippen LogP contribution >= 0.6 is 15.9 Å². The second-order valence-corrected chi connectivity index (χ2v) is 4.01. The first-order valence-corrected chi connectivity index (χ1v) is 5.97. The number of halogens is 1. The van der Waals surface area contributed by atoms with E-state index in [0.29, 0.717) is 5.92 Å². The van der Waals surface area contributed by atoms with E-state index in [9.17, 15) is 4.79 Å². The highest BCUT2D eigenvalue weighted by molar-refractivity contribution is 9.09. The molecule has 3 nitrogen and oxygen atoms in total. The van der Waals surface area contributed by atoms with Crippen LogP contribution in [0, 0.1) is 5.92 Å². The van der Waals surface area contributed by atoms with Gasteiger partial charge in [0.1, 0.15) is 0 Å². The normalized spacial score (nSPS) is 12.7. The molecule has 0 bridgehead atoms. The van der Waals surface area contributed by atoms with Crippen LogP contribution in [0.2, 0.25) is 0 Å². The van der Waals surface area contributed by atoms with Crippen molar-refractivity contribution in [1.29, 1.82) is 0 Å². The third-order valence-electron chi connectivity index (χ3n) is 2.15. The maximum Gasteiger partial charge on any atom is 0.347 e. The third kappa shape index (κ3) is 3.25. The van der Waals surface area contributed by atoms with Gasteiger partial charge in [0, 0.05) is 24.3 Å². The number of hydrogen-bond donors (Lipinski definition) is 0. The Labute approximate surface area is 92.3 Å². The lowest BCUT2D eigenvalue weighted by molar-refractivity contribution is 0.443. The van der Waals surface area contributed by atoms with Gasteiger partial charge in [-0.1, -0.05) is 29.3 Å². The molecule has 1 heterocycles. The van der Waals surface area contributed by atoms with E-state index in [1.165, 1.54) is 6.20 Å². The third-order valence-corrected chi connectivity index (χ3v) is 3.07. The van der Waals surface area contributed by atoms with Crippen LogP contribution < -0.4 is 5.69 Å². The molecule has 1 aromatic heterocycles. The van der Waals surface area contributed by atoms with Gasteiger partial charge < -0.3 is 0 Å². The molecule has 0 fully saturated rings. The van der Waals surface area contributed by atoms with Gasteiger partial charge in [-0.05, 0) is 18.4 Å². The smallest absolute Gasteiger partial charge is 0.299 e. The summed E-state index contributed by atoms with van der Waals surface area (Å²) >= 11 is 3.46. The SMILES string of the molecule is CCCC(CBr)Cn1cccnc1=O. The van der Waals surface area contributed by atoms with Crippen molar-refractivity contribution >= 4 is 15.9 Å². The summed E-state index contributed by atoms with van der Waals surface area (Å²) in [4.78, 5) is 15.0. The molecule has 0 saturated carbocycles. The molecule has 0 saturated heterocycles. The van der Waals surface area contributed by atoms with E-state index in [4.69, 9.17) is 0 Å². The molecule has 0 N–H and O–H groups in total. The van der Waals surface area contributed by atoms with Crippen LogP contribution in [0.15, 0.2) is 23.3 Å².